The summed E-state index contributed by atoms with van der Waals surface area (Å²) in [4.78, 5) is 0. The summed E-state index contributed by atoms with van der Waals surface area (Å²) in [5.41, 5.74) is 2.46. The molecule has 3 heteroatoms. The molecule has 0 heterocycles. The third kappa shape index (κ3) is 3.22. The molecule has 0 aliphatic rings. The van der Waals surface area contributed by atoms with Crippen molar-refractivity contribution in [1.29, 1.82) is 5.26 Å². The molecule has 0 amide bonds. The van der Waals surface area contributed by atoms with Gasteiger partial charge in [0.05, 0.1) is 11.6 Å². The van der Waals surface area contributed by atoms with Crippen LogP contribution in [0, 0.1) is 11.3 Å². The highest BCUT2D eigenvalue weighted by atomic mass is 79.9. The summed E-state index contributed by atoms with van der Waals surface area (Å²) < 4.78 is 0.990. The van der Waals surface area contributed by atoms with Crippen LogP contribution < -0.4 is 0 Å². The van der Waals surface area contributed by atoms with Crippen LogP contribution in [0.2, 0.25) is 5.02 Å². The Morgan fingerprint density at radius 2 is 1.89 bits per heavy atom. The number of allylic oxidation sites excluding steroid dienone is 1. The van der Waals surface area contributed by atoms with Crippen molar-refractivity contribution in [1.82, 2.24) is 0 Å². The third-order valence-electron chi connectivity index (χ3n) is 2.44. The van der Waals surface area contributed by atoms with Crippen LogP contribution >= 0.6 is 27.5 Å². The van der Waals surface area contributed by atoms with Crippen molar-refractivity contribution in [3.8, 4) is 6.07 Å². The van der Waals surface area contributed by atoms with Crippen LogP contribution in [0.3, 0.4) is 0 Å². The lowest BCUT2D eigenvalue weighted by Crippen LogP contribution is -1.81. The van der Waals surface area contributed by atoms with E-state index in [1.165, 1.54) is 0 Å². The van der Waals surface area contributed by atoms with Gasteiger partial charge in [-0.15, -0.1) is 0 Å². The first-order valence-electron chi connectivity index (χ1n) is 5.32. The predicted molar refractivity (Wildman–Crippen MR) is 79.1 cm³/mol. The van der Waals surface area contributed by atoms with Crippen molar-refractivity contribution in [2.75, 3.05) is 0 Å². The Bertz CT molecular complexity index is 624. The van der Waals surface area contributed by atoms with E-state index in [0.717, 1.165) is 15.6 Å². The van der Waals surface area contributed by atoms with Gasteiger partial charge in [-0.1, -0.05) is 51.8 Å². The molecule has 0 unspecified atom stereocenters. The van der Waals surface area contributed by atoms with Gasteiger partial charge in [0.2, 0.25) is 0 Å². The lowest BCUT2D eigenvalue weighted by atomic mass is 10.0. The highest BCUT2D eigenvalue weighted by Gasteiger charge is 2.01. The Balaban J connectivity index is 2.40. The molecular formula is C15H9BrClN. The molecule has 0 radical (unpaired) electrons. The van der Waals surface area contributed by atoms with E-state index in [2.05, 4.69) is 22.0 Å². The van der Waals surface area contributed by atoms with E-state index >= 15 is 0 Å². The van der Waals surface area contributed by atoms with Gasteiger partial charge in [-0.25, -0.2) is 0 Å². The Hall–Kier alpha value is -1.56. The molecule has 0 saturated heterocycles. The average molecular weight is 319 g/mol. The quantitative estimate of drug-likeness (QED) is 0.554. The van der Waals surface area contributed by atoms with Crippen LogP contribution in [0.1, 0.15) is 11.1 Å². The first kappa shape index (κ1) is 12.9. The maximum Gasteiger partial charge on any atom is 0.0998 e. The topological polar surface area (TPSA) is 23.8 Å². The van der Waals surface area contributed by atoms with Crippen molar-refractivity contribution in [3.63, 3.8) is 0 Å². The summed E-state index contributed by atoms with van der Waals surface area (Å²) in [6.07, 6.45) is 1.86. The van der Waals surface area contributed by atoms with Crippen molar-refractivity contribution >= 4 is 39.2 Å². The normalized spacial score (nSPS) is 11.1. The lowest BCUT2D eigenvalue weighted by molar-refractivity contribution is 1.52. The lowest BCUT2D eigenvalue weighted by Gasteiger charge is -2.00. The van der Waals surface area contributed by atoms with Crippen molar-refractivity contribution in [2.24, 2.45) is 0 Å². The van der Waals surface area contributed by atoms with E-state index in [1.807, 2.05) is 42.5 Å². The molecular weight excluding hydrogens is 310 g/mol. The molecule has 0 spiro atoms. The molecule has 2 rings (SSSR count). The van der Waals surface area contributed by atoms with E-state index in [9.17, 15) is 5.26 Å². The molecule has 0 fully saturated rings. The monoisotopic (exact) mass is 317 g/mol. The van der Waals surface area contributed by atoms with Gasteiger partial charge in [0.1, 0.15) is 0 Å². The Labute approximate surface area is 119 Å². The van der Waals surface area contributed by atoms with Crippen LogP contribution in [-0.2, 0) is 0 Å². The molecule has 0 atom stereocenters. The molecule has 18 heavy (non-hydrogen) atoms. The minimum atomic E-state index is 0.616. The maximum absolute atomic E-state index is 9.22. The largest absolute Gasteiger partial charge is 0.192 e. The molecule has 0 aliphatic heterocycles. The van der Waals surface area contributed by atoms with Gasteiger partial charge >= 0.3 is 0 Å². The number of benzene rings is 2. The van der Waals surface area contributed by atoms with Crippen LogP contribution in [-0.4, -0.2) is 0 Å². The standard InChI is InChI=1S/C15H9BrClN/c16-14-3-1-2-11(9-14)8-13(10-18)12-4-6-15(17)7-5-12/h1-9H/b13-8-. The van der Waals surface area contributed by atoms with Crippen LogP contribution in [0.25, 0.3) is 11.6 Å². The zero-order valence-electron chi connectivity index (χ0n) is 9.40. The van der Waals surface area contributed by atoms with Gasteiger partial charge in [0.15, 0.2) is 0 Å². The van der Waals surface area contributed by atoms with E-state index in [0.29, 0.717) is 10.6 Å². The highest BCUT2D eigenvalue weighted by Crippen LogP contribution is 2.21. The van der Waals surface area contributed by atoms with Gasteiger partial charge in [0, 0.05) is 9.50 Å². The van der Waals surface area contributed by atoms with Crippen molar-refractivity contribution < 1.29 is 0 Å². The highest BCUT2D eigenvalue weighted by molar-refractivity contribution is 9.10. The molecule has 0 aliphatic carbocycles. The zero-order valence-corrected chi connectivity index (χ0v) is 11.7. The van der Waals surface area contributed by atoms with Crippen molar-refractivity contribution in [3.05, 3.63) is 69.2 Å². The summed E-state index contributed by atoms with van der Waals surface area (Å²) in [5.74, 6) is 0. The molecule has 0 bridgehead atoms. The molecule has 1 nitrogen and oxygen atoms in total. The fourth-order valence-corrected chi connectivity index (χ4v) is 2.12. The number of nitriles is 1. The summed E-state index contributed by atoms with van der Waals surface area (Å²) in [5, 5.41) is 9.88. The zero-order chi connectivity index (χ0) is 13.0. The molecule has 0 aromatic heterocycles. The second-order valence-corrected chi connectivity index (χ2v) is 5.08. The number of halogens is 2. The van der Waals surface area contributed by atoms with Gasteiger partial charge in [0.25, 0.3) is 0 Å². The van der Waals surface area contributed by atoms with Gasteiger partial charge in [-0.3, -0.25) is 0 Å². The van der Waals surface area contributed by atoms with Gasteiger partial charge in [-0.05, 0) is 41.5 Å². The average Bonchev–Trinajstić information content (AvgIpc) is 2.37. The number of hydrogen-bond acceptors (Lipinski definition) is 1. The smallest absolute Gasteiger partial charge is 0.0998 e. The second-order valence-electron chi connectivity index (χ2n) is 3.73. The summed E-state index contributed by atoms with van der Waals surface area (Å²) in [6, 6.07) is 17.3. The molecule has 0 saturated carbocycles. The number of rotatable bonds is 2. The van der Waals surface area contributed by atoms with Gasteiger partial charge in [-0.2, -0.15) is 5.26 Å². The van der Waals surface area contributed by atoms with Gasteiger partial charge < -0.3 is 0 Å². The first-order valence-corrected chi connectivity index (χ1v) is 6.49. The number of hydrogen-bond donors (Lipinski definition) is 0. The van der Waals surface area contributed by atoms with E-state index in [-0.39, 0.29) is 0 Å². The Morgan fingerprint density at radius 1 is 1.17 bits per heavy atom. The van der Waals surface area contributed by atoms with Crippen LogP contribution in [0.5, 0.6) is 0 Å². The van der Waals surface area contributed by atoms with E-state index in [1.54, 1.807) is 12.1 Å². The molecule has 88 valence electrons. The SMILES string of the molecule is N#C/C(=C/c1cccc(Br)c1)c1ccc(Cl)cc1. The van der Waals surface area contributed by atoms with Crippen LogP contribution in [0.15, 0.2) is 53.0 Å². The fourth-order valence-electron chi connectivity index (χ4n) is 1.57. The third-order valence-corrected chi connectivity index (χ3v) is 3.18. The minimum Gasteiger partial charge on any atom is -0.192 e. The fraction of sp³-hybridized carbons (Fsp3) is 0. The summed E-state index contributed by atoms with van der Waals surface area (Å²) in [7, 11) is 0. The van der Waals surface area contributed by atoms with Crippen molar-refractivity contribution in [2.45, 2.75) is 0 Å². The number of nitrogens with zero attached hydrogens (tertiary/aromatic N) is 1. The predicted octanol–water partition coefficient (Wildman–Crippen LogP) is 5.17. The first-order chi connectivity index (χ1) is 8.69. The minimum absolute atomic E-state index is 0.616. The van der Waals surface area contributed by atoms with E-state index in [4.69, 9.17) is 11.6 Å². The summed E-state index contributed by atoms with van der Waals surface area (Å²) >= 11 is 9.24. The molecule has 2 aromatic rings. The Kier molecular flexibility index (Phi) is 4.19. The Morgan fingerprint density at radius 3 is 2.50 bits per heavy atom. The second kappa shape index (κ2) is 5.86. The van der Waals surface area contributed by atoms with Crippen LogP contribution in [0.4, 0.5) is 0 Å². The molecule has 0 N–H and O–H groups in total. The maximum atomic E-state index is 9.22. The molecule has 2 aromatic carbocycles. The van der Waals surface area contributed by atoms with E-state index < -0.39 is 0 Å². The summed E-state index contributed by atoms with van der Waals surface area (Å²) in [6.45, 7) is 0.